The van der Waals surface area contributed by atoms with Crippen molar-refractivity contribution >= 4 is 35.3 Å². The van der Waals surface area contributed by atoms with Crippen LogP contribution in [-0.2, 0) is 16.0 Å². The monoisotopic (exact) mass is 369 g/mol. The number of aliphatic imine (C=N–C) groups is 1. The number of hydrogen-bond donors (Lipinski definition) is 1. The van der Waals surface area contributed by atoms with E-state index in [2.05, 4.69) is 10.3 Å². The Morgan fingerprint density at radius 2 is 2.04 bits per heavy atom. The molecule has 2 amide bonds. The first-order chi connectivity index (χ1) is 12.5. The molecule has 3 rings (SSSR count). The summed E-state index contributed by atoms with van der Waals surface area (Å²) < 4.78 is 0. The molecule has 0 spiro atoms. The molecule has 1 aliphatic rings. The third-order valence-electron chi connectivity index (χ3n) is 4.35. The normalized spacial score (nSPS) is 16.2. The molecular formula is C20H20ClN3O2. The van der Waals surface area contributed by atoms with Gasteiger partial charge in [-0.15, -0.1) is 0 Å². The molecule has 1 heterocycles. The minimum absolute atomic E-state index is 0.235. The maximum Gasteiger partial charge on any atom is 0.272 e. The predicted octanol–water partition coefficient (Wildman–Crippen LogP) is 3.12. The lowest BCUT2D eigenvalue weighted by Gasteiger charge is -2.21. The number of nitrogens with zero attached hydrogens (tertiary/aromatic N) is 2. The molecule has 1 atom stereocenters. The zero-order chi connectivity index (χ0) is 18.7. The average molecular weight is 370 g/mol. The van der Waals surface area contributed by atoms with Gasteiger partial charge >= 0.3 is 0 Å². The number of carbonyl (C=O) groups is 2. The summed E-state index contributed by atoms with van der Waals surface area (Å²) in [4.78, 5) is 30.7. The van der Waals surface area contributed by atoms with Gasteiger partial charge in [0.05, 0.1) is 5.69 Å². The topological polar surface area (TPSA) is 61.8 Å². The number of benzodiazepines with no additional fused rings is 1. The fraction of sp³-hybridized carbons (Fsp3) is 0.250. The standard InChI is InChI=1S/C20H20ClN3O2/c1-13-7-8-14(16(21)11-13)9-10-18(25)23-19-20(26)24(2)17-6-4-3-5-15(17)12-22-19/h3-8,11-12,19H,9-10H2,1-2H3,(H,23,25). The van der Waals surface area contributed by atoms with E-state index in [0.29, 0.717) is 11.4 Å². The van der Waals surface area contributed by atoms with Crippen molar-refractivity contribution in [3.05, 3.63) is 64.2 Å². The van der Waals surface area contributed by atoms with Gasteiger partial charge in [-0.25, -0.2) is 0 Å². The minimum Gasteiger partial charge on any atom is -0.327 e. The second-order valence-corrected chi connectivity index (χ2v) is 6.71. The van der Waals surface area contributed by atoms with Crippen LogP contribution in [0.4, 0.5) is 5.69 Å². The lowest BCUT2D eigenvalue weighted by atomic mass is 10.1. The van der Waals surface area contributed by atoms with Crippen molar-refractivity contribution in [3.63, 3.8) is 0 Å². The van der Waals surface area contributed by atoms with Gasteiger partial charge in [-0.3, -0.25) is 14.6 Å². The van der Waals surface area contributed by atoms with E-state index >= 15 is 0 Å². The summed E-state index contributed by atoms with van der Waals surface area (Å²) in [6, 6.07) is 13.2. The Hall–Kier alpha value is -2.66. The minimum atomic E-state index is -0.923. The fourth-order valence-electron chi connectivity index (χ4n) is 2.85. The fourth-order valence-corrected chi connectivity index (χ4v) is 3.18. The summed E-state index contributed by atoms with van der Waals surface area (Å²) in [6.07, 6.45) is 1.44. The molecule has 5 nitrogen and oxygen atoms in total. The van der Waals surface area contributed by atoms with E-state index in [4.69, 9.17) is 11.6 Å². The maximum atomic E-state index is 12.6. The molecule has 2 aromatic rings. The lowest BCUT2D eigenvalue weighted by molar-refractivity contribution is -0.127. The summed E-state index contributed by atoms with van der Waals surface area (Å²) in [5, 5.41) is 3.35. The number of anilines is 1. The predicted molar refractivity (Wildman–Crippen MR) is 104 cm³/mol. The molecular weight excluding hydrogens is 350 g/mol. The highest BCUT2D eigenvalue weighted by Gasteiger charge is 2.27. The quantitative estimate of drug-likeness (QED) is 0.900. The maximum absolute atomic E-state index is 12.6. The first-order valence-corrected chi connectivity index (χ1v) is 8.77. The van der Waals surface area contributed by atoms with Gasteiger partial charge in [-0.05, 0) is 36.6 Å². The third-order valence-corrected chi connectivity index (χ3v) is 4.70. The van der Waals surface area contributed by atoms with E-state index in [1.54, 1.807) is 13.3 Å². The van der Waals surface area contributed by atoms with Crippen molar-refractivity contribution < 1.29 is 9.59 Å². The average Bonchev–Trinajstić information content (AvgIpc) is 2.73. The Kier molecular flexibility index (Phi) is 5.38. The molecule has 1 aliphatic heterocycles. The van der Waals surface area contributed by atoms with Crippen molar-refractivity contribution in [1.82, 2.24) is 5.32 Å². The van der Waals surface area contributed by atoms with Gasteiger partial charge in [-0.1, -0.05) is 41.9 Å². The van der Waals surface area contributed by atoms with Crippen LogP contribution in [0.2, 0.25) is 5.02 Å². The van der Waals surface area contributed by atoms with Gasteiger partial charge in [0.15, 0.2) is 0 Å². The van der Waals surface area contributed by atoms with Gasteiger partial charge in [-0.2, -0.15) is 0 Å². The zero-order valence-corrected chi connectivity index (χ0v) is 15.5. The van der Waals surface area contributed by atoms with E-state index in [-0.39, 0.29) is 18.2 Å². The van der Waals surface area contributed by atoms with Crippen LogP contribution in [0.3, 0.4) is 0 Å². The van der Waals surface area contributed by atoms with Crippen LogP contribution in [0.5, 0.6) is 0 Å². The Morgan fingerprint density at radius 1 is 1.27 bits per heavy atom. The second kappa shape index (κ2) is 7.70. The van der Waals surface area contributed by atoms with Gasteiger partial charge in [0.1, 0.15) is 0 Å². The Morgan fingerprint density at radius 3 is 2.81 bits per heavy atom. The van der Waals surface area contributed by atoms with Crippen LogP contribution >= 0.6 is 11.6 Å². The number of hydrogen-bond acceptors (Lipinski definition) is 3. The van der Waals surface area contributed by atoms with Crippen LogP contribution in [0, 0.1) is 6.92 Å². The first-order valence-electron chi connectivity index (χ1n) is 8.40. The van der Waals surface area contributed by atoms with Crippen molar-refractivity contribution in [2.45, 2.75) is 25.9 Å². The SMILES string of the molecule is Cc1ccc(CCC(=O)NC2N=Cc3ccccc3N(C)C2=O)c(Cl)c1. The molecule has 6 heteroatoms. The van der Waals surface area contributed by atoms with Crippen molar-refractivity contribution in [3.8, 4) is 0 Å². The highest BCUT2D eigenvalue weighted by Crippen LogP contribution is 2.21. The molecule has 0 aromatic heterocycles. The van der Waals surface area contributed by atoms with Gasteiger partial charge in [0.2, 0.25) is 12.1 Å². The molecule has 0 aliphatic carbocycles. The van der Waals surface area contributed by atoms with Crippen molar-refractivity contribution in [1.29, 1.82) is 0 Å². The Bertz CT molecular complexity index is 879. The Balaban J connectivity index is 1.65. The molecule has 0 saturated heterocycles. The van der Waals surface area contributed by atoms with Crippen molar-refractivity contribution in [2.24, 2.45) is 4.99 Å². The van der Waals surface area contributed by atoms with E-state index < -0.39 is 6.17 Å². The largest absolute Gasteiger partial charge is 0.327 e. The van der Waals surface area contributed by atoms with Crippen molar-refractivity contribution in [2.75, 3.05) is 11.9 Å². The number of nitrogens with one attached hydrogen (secondary N) is 1. The number of amides is 2. The number of halogens is 1. The molecule has 26 heavy (non-hydrogen) atoms. The number of fused-ring (bicyclic) bond motifs is 1. The van der Waals surface area contributed by atoms with Crippen LogP contribution in [0.15, 0.2) is 47.5 Å². The van der Waals surface area contributed by atoms with Gasteiger partial charge < -0.3 is 10.2 Å². The molecule has 0 saturated carbocycles. The van der Waals surface area contributed by atoms with Crippen LogP contribution in [0.1, 0.15) is 23.1 Å². The van der Waals surface area contributed by atoms with Gasteiger partial charge in [0.25, 0.3) is 5.91 Å². The number of carbonyl (C=O) groups excluding carboxylic acids is 2. The van der Waals surface area contributed by atoms with Crippen LogP contribution < -0.4 is 10.2 Å². The van der Waals surface area contributed by atoms with Crippen LogP contribution in [0.25, 0.3) is 0 Å². The molecule has 0 radical (unpaired) electrons. The third kappa shape index (κ3) is 3.94. The molecule has 134 valence electrons. The smallest absolute Gasteiger partial charge is 0.272 e. The van der Waals surface area contributed by atoms with E-state index in [9.17, 15) is 9.59 Å². The first kappa shape index (κ1) is 18.1. The molecule has 0 fully saturated rings. The number of aryl methyl sites for hydroxylation is 2. The summed E-state index contributed by atoms with van der Waals surface area (Å²) >= 11 is 6.20. The van der Waals surface area contributed by atoms with Crippen LogP contribution in [-0.4, -0.2) is 31.2 Å². The second-order valence-electron chi connectivity index (χ2n) is 6.30. The number of rotatable bonds is 4. The zero-order valence-electron chi connectivity index (χ0n) is 14.7. The number of para-hydroxylation sites is 1. The molecule has 2 aromatic carbocycles. The summed E-state index contributed by atoms with van der Waals surface area (Å²) in [6.45, 7) is 1.96. The highest BCUT2D eigenvalue weighted by atomic mass is 35.5. The number of benzene rings is 2. The molecule has 1 N–H and O–H groups in total. The Labute approximate surface area is 157 Å². The van der Waals surface area contributed by atoms with E-state index in [1.165, 1.54) is 4.90 Å². The molecule has 1 unspecified atom stereocenters. The van der Waals surface area contributed by atoms with E-state index in [1.807, 2.05) is 49.4 Å². The molecule has 0 bridgehead atoms. The summed E-state index contributed by atoms with van der Waals surface area (Å²) in [5.41, 5.74) is 3.59. The van der Waals surface area contributed by atoms with Gasteiger partial charge in [0, 0.05) is 30.3 Å². The summed E-state index contributed by atoms with van der Waals surface area (Å²) in [5.74, 6) is -0.510. The summed E-state index contributed by atoms with van der Waals surface area (Å²) in [7, 11) is 1.68. The lowest BCUT2D eigenvalue weighted by Crippen LogP contribution is -2.45. The number of likely N-dealkylation sites (N-methyl/N-ethyl adjacent to an activating group) is 1. The van der Waals surface area contributed by atoms with E-state index in [0.717, 1.165) is 22.4 Å². The highest BCUT2D eigenvalue weighted by molar-refractivity contribution is 6.31.